The molecule has 0 N–H and O–H groups in total. The highest BCUT2D eigenvalue weighted by Crippen LogP contribution is 2.27. The lowest BCUT2D eigenvalue weighted by Gasteiger charge is -2.20. The molecule has 1 aliphatic heterocycles. The molecule has 2 aromatic carbocycles. The lowest BCUT2D eigenvalue weighted by molar-refractivity contribution is 0.0734. The summed E-state index contributed by atoms with van der Waals surface area (Å²) in [5, 5.41) is 0. The summed E-state index contributed by atoms with van der Waals surface area (Å²) >= 11 is 9.10. The zero-order valence-electron chi connectivity index (χ0n) is 13.4. The smallest absolute Gasteiger partial charge is 0.343 e. The topological polar surface area (TPSA) is 29.5 Å². The largest absolute Gasteiger partial charge is 0.422 e. The number of benzene rings is 2. The van der Waals surface area contributed by atoms with E-state index in [1.807, 2.05) is 31.2 Å². The van der Waals surface area contributed by atoms with E-state index in [9.17, 15) is 4.79 Å². The van der Waals surface area contributed by atoms with E-state index in [0.717, 1.165) is 46.5 Å². The van der Waals surface area contributed by atoms with Gasteiger partial charge in [-0.05, 0) is 50.1 Å². The number of aryl methyl sites for hydroxylation is 1. The number of carbonyl (C=O) groups excluding carboxylic acids is 1. The van der Waals surface area contributed by atoms with Crippen molar-refractivity contribution in [2.75, 3.05) is 13.1 Å². The zero-order chi connectivity index (χ0) is 17.1. The van der Waals surface area contributed by atoms with E-state index in [4.69, 9.17) is 17.0 Å². The Morgan fingerprint density at radius 3 is 2.46 bits per heavy atom. The molecule has 0 atom stereocenters. The Balaban J connectivity index is 1.86. The average molecular weight is 404 g/mol. The molecule has 0 aliphatic carbocycles. The molecule has 5 heteroatoms. The molecule has 0 bridgehead atoms. The number of carbonyl (C=O) groups is 1. The highest BCUT2D eigenvalue weighted by atomic mass is 79.9. The van der Waals surface area contributed by atoms with Gasteiger partial charge in [-0.2, -0.15) is 0 Å². The van der Waals surface area contributed by atoms with Crippen LogP contribution in [0.15, 0.2) is 46.9 Å². The molecule has 124 valence electrons. The Kier molecular flexibility index (Phi) is 5.31. The third-order valence-corrected chi connectivity index (χ3v) is 5.03. The molecular weight excluding hydrogens is 386 g/mol. The van der Waals surface area contributed by atoms with Crippen LogP contribution in [0.2, 0.25) is 0 Å². The summed E-state index contributed by atoms with van der Waals surface area (Å²) in [6.45, 7) is 3.89. The van der Waals surface area contributed by atoms with Crippen LogP contribution in [0.4, 0.5) is 0 Å². The molecule has 0 amide bonds. The van der Waals surface area contributed by atoms with Crippen molar-refractivity contribution in [1.29, 1.82) is 0 Å². The molecule has 1 aliphatic rings. The summed E-state index contributed by atoms with van der Waals surface area (Å²) in [6, 6.07) is 12.9. The van der Waals surface area contributed by atoms with Crippen LogP contribution in [0, 0.1) is 6.92 Å². The van der Waals surface area contributed by atoms with Gasteiger partial charge in [-0.15, -0.1) is 0 Å². The molecule has 0 saturated carbocycles. The predicted octanol–water partition coefficient (Wildman–Crippen LogP) is 4.75. The maximum Gasteiger partial charge on any atom is 0.343 e. The first kappa shape index (κ1) is 17.1. The van der Waals surface area contributed by atoms with E-state index < -0.39 is 0 Å². The van der Waals surface area contributed by atoms with Crippen molar-refractivity contribution in [2.45, 2.75) is 19.8 Å². The molecule has 1 heterocycles. The third-order valence-electron chi connectivity index (χ3n) is 4.06. The summed E-state index contributed by atoms with van der Waals surface area (Å²) in [7, 11) is 0. The Bertz CT molecular complexity index is 767. The third kappa shape index (κ3) is 3.84. The minimum atomic E-state index is -0.372. The SMILES string of the molecule is Cc1ccc(C(=O)Oc2ccc(Br)cc2C(=S)N2CCCC2)cc1. The van der Waals surface area contributed by atoms with Gasteiger partial charge in [0, 0.05) is 17.6 Å². The van der Waals surface area contributed by atoms with E-state index in [1.165, 1.54) is 0 Å². The van der Waals surface area contributed by atoms with Crippen molar-refractivity contribution in [2.24, 2.45) is 0 Å². The quantitative estimate of drug-likeness (QED) is 0.420. The van der Waals surface area contributed by atoms with Crippen LogP contribution >= 0.6 is 28.1 Å². The van der Waals surface area contributed by atoms with Gasteiger partial charge in [0.25, 0.3) is 0 Å². The molecule has 24 heavy (non-hydrogen) atoms. The van der Waals surface area contributed by atoms with Crippen molar-refractivity contribution >= 4 is 39.1 Å². The lowest BCUT2D eigenvalue weighted by atomic mass is 10.1. The van der Waals surface area contributed by atoms with Gasteiger partial charge in [0.2, 0.25) is 0 Å². The second kappa shape index (κ2) is 7.45. The van der Waals surface area contributed by atoms with E-state index in [0.29, 0.717) is 11.3 Å². The van der Waals surface area contributed by atoms with Crippen molar-refractivity contribution in [3.05, 3.63) is 63.6 Å². The second-order valence-electron chi connectivity index (χ2n) is 5.90. The van der Waals surface area contributed by atoms with Crippen molar-refractivity contribution in [1.82, 2.24) is 4.90 Å². The van der Waals surface area contributed by atoms with E-state index in [1.54, 1.807) is 18.2 Å². The van der Waals surface area contributed by atoms with Gasteiger partial charge in [0.05, 0.1) is 11.1 Å². The maximum absolute atomic E-state index is 12.4. The summed E-state index contributed by atoms with van der Waals surface area (Å²) in [5.74, 6) is 0.128. The number of nitrogens with zero attached hydrogens (tertiary/aromatic N) is 1. The summed E-state index contributed by atoms with van der Waals surface area (Å²) in [5.41, 5.74) is 2.41. The molecule has 0 spiro atoms. The van der Waals surface area contributed by atoms with Crippen LogP contribution in [0.3, 0.4) is 0 Å². The molecule has 1 saturated heterocycles. The first-order valence-corrected chi connectivity index (χ1v) is 9.12. The van der Waals surface area contributed by atoms with Crippen molar-refractivity contribution in [3.63, 3.8) is 0 Å². The van der Waals surface area contributed by atoms with Gasteiger partial charge in [-0.3, -0.25) is 0 Å². The molecule has 2 aromatic rings. The molecule has 3 nitrogen and oxygen atoms in total. The summed E-state index contributed by atoms with van der Waals surface area (Å²) in [4.78, 5) is 15.3. The van der Waals surface area contributed by atoms with Crippen LogP contribution in [-0.2, 0) is 0 Å². The summed E-state index contributed by atoms with van der Waals surface area (Å²) < 4.78 is 6.54. The molecule has 3 rings (SSSR count). The monoisotopic (exact) mass is 403 g/mol. The molecular formula is C19H18BrNO2S. The highest BCUT2D eigenvalue weighted by molar-refractivity contribution is 9.10. The Morgan fingerprint density at radius 1 is 1.12 bits per heavy atom. The molecule has 0 radical (unpaired) electrons. The number of esters is 1. The standard InChI is InChI=1S/C19H18BrNO2S/c1-13-4-6-14(7-5-13)19(22)23-17-9-8-15(20)12-16(17)18(24)21-10-2-3-11-21/h4-9,12H,2-3,10-11H2,1H3. The van der Waals surface area contributed by atoms with Gasteiger partial charge in [-0.1, -0.05) is 45.8 Å². The minimum Gasteiger partial charge on any atom is -0.422 e. The van der Waals surface area contributed by atoms with Gasteiger partial charge >= 0.3 is 5.97 Å². The number of hydrogen-bond acceptors (Lipinski definition) is 3. The first-order chi connectivity index (χ1) is 11.5. The number of ether oxygens (including phenoxy) is 1. The number of thiocarbonyl (C=S) groups is 1. The number of rotatable bonds is 3. The van der Waals surface area contributed by atoms with Crippen LogP contribution < -0.4 is 4.74 Å². The van der Waals surface area contributed by atoms with Crippen LogP contribution in [-0.4, -0.2) is 28.9 Å². The summed E-state index contributed by atoms with van der Waals surface area (Å²) in [6.07, 6.45) is 2.29. The molecule has 0 unspecified atom stereocenters. The lowest BCUT2D eigenvalue weighted by Crippen LogP contribution is -2.27. The Morgan fingerprint density at radius 2 is 1.79 bits per heavy atom. The van der Waals surface area contributed by atoms with Crippen LogP contribution in [0.25, 0.3) is 0 Å². The second-order valence-corrected chi connectivity index (χ2v) is 7.20. The number of halogens is 1. The fraction of sp³-hybridized carbons (Fsp3) is 0.263. The van der Waals surface area contributed by atoms with Crippen LogP contribution in [0.5, 0.6) is 5.75 Å². The highest BCUT2D eigenvalue weighted by Gasteiger charge is 2.21. The van der Waals surface area contributed by atoms with Gasteiger partial charge in [0.15, 0.2) is 0 Å². The average Bonchev–Trinajstić information content (AvgIpc) is 3.11. The van der Waals surface area contributed by atoms with Crippen LogP contribution in [0.1, 0.15) is 34.3 Å². The van der Waals surface area contributed by atoms with E-state index >= 15 is 0 Å². The Labute approximate surface area is 155 Å². The maximum atomic E-state index is 12.4. The van der Waals surface area contributed by atoms with Crippen molar-refractivity contribution < 1.29 is 9.53 Å². The molecule has 1 fully saturated rings. The van der Waals surface area contributed by atoms with Gasteiger partial charge in [0.1, 0.15) is 10.7 Å². The normalized spacial score (nSPS) is 13.8. The Hall–Kier alpha value is -1.72. The van der Waals surface area contributed by atoms with Gasteiger partial charge in [-0.25, -0.2) is 4.79 Å². The van der Waals surface area contributed by atoms with Crippen molar-refractivity contribution in [3.8, 4) is 5.75 Å². The van der Waals surface area contributed by atoms with Gasteiger partial charge < -0.3 is 9.64 Å². The first-order valence-electron chi connectivity index (χ1n) is 7.92. The predicted molar refractivity (Wildman–Crippen MR) is 103 cm³/mol. The molecule has 0 aromatic heterocycles. The fourth-order valence-corrected chi connectivity index (χ4v) is 3.40. The fourth-order valence-electron chi connectivity index (χ4n) is 2.70. The zero-order valence-corrected chi connectivity index (χ0v) is 15.8. The number of hydrogen-bond donors (Lipinski definition) is 0. The van der Waals surface area contributed by atoms with E-state index in [-0.39, 0.29) is 5.97 Å². The number of likely N-dealkylation sites (tertiary alicyclic amines) is 1. The van der Waals surface area contributed by atoms with E-state index in [2.05, 4.69) is 20.8 Å². The minimum absolute atomic E-state index is 0.372.